The molecule has 0 bridgehead atoms. The average molecular weight is 358 g/mol. The van der Waals surface area contributed by atoms with Crippen molar-refractivity contribution in [2.45, 2.75) is 19.9 Å². The number of benzene rings is 1. The Morgan fingerprint density at radius 2 is 1.95 bits per heavy atom. The molecule has 0 aliphatic rings. The summed E-state index contributed by atoms with van der Waals surface area (Å²) < 4.78 is 0. The minimum absolute atomic E-state index is 0.0140. The van der Waals surface area contributed by atoms with Gasteiger partial charge in [0, 0.05) is 16.4 Å². The quantitative estimate of drug-likeness (QED) is 0.872. The fourth-order valence-corrected chi connectivity index (χ4v) is 2.79. The molecule has 0 saturated heterocycles. The third kappa shape index (κ3) is 4.19. The van der Waals surface area contributed by atoms with Crippen LogP contribution in [0, 0.1) is 0 Å². The Balaban J connectivity index is 2.09. The highest BCUT2D eigenvalue weighted by molar-refractivity contribution is 7.14. The number of hydrogen-bond acceptors (Lipinski definition) is 4. The van der Waals surface area contributed by atoms with Crippen LogP contribution in [0.1, 0.15) is 34.7 Å². The van der Waals surface area contributed by atoms with E-state index in [0.29, 0.717) is 10.2 Å². The zero-order valence-electron chi connectivity index (χ0n) is 11.8. The molecule has 0 fully saturated rings. The van der Waals surface area contributed by atoms with E-state index in [0.717, 1.165) is 11.3 Å². The van der Waals surface area contributed by atoms with E-state index >= 15 is 0 Å². The second-order valence-corrected chi connectivity index (χ2v) is 6.45. The smallest absolute Gasteiger partial charge is 0.271 e. The van der Waals surface area contributed by atoms with Crippen molar-refractivity contribution in [1.82, 2.24) is 10.3 Å². The first-order valence-corrected chi connectivity index (χ1v) is 8.03. The first-order valence-electron chi connectivity index (χ1n) is 6.39. The number of aromatic nitrogens is 1. The number of amides is 2. The number of thiazole rings is 1. The SMILES string of the molecule is CC(C)NC(=O)c1csc(NC(=O)c2ccc(Cl)cc2Cl)n1. The van der Waals surface area contributed by atoms with Crippen LogP contribution >= 0.6 is 34.5 Å². The van der Waals surface area contributed by atoms with Crippen molar-refractivity contribution in [2.75, 3.05) is 5.32 Å². The molecule has 116 valence electrons. The molecule has 1 aromatic carbocycles. The summed E-state index contributed by atoms with van der Waals surface area (Å²) in [6, 6.07) is 4.60. The molecule has 2 rings (SSSR count). The Morgan fingerprint density at radius 3 is 2.59 bits per heavy atom. The van der Waals surface area contributed by atoms with Crippen molar-refractivity contribution in [3.63, 3.8) is 0 Å². The fraction of sp³-hybridized carbons (Fsp3) is 0.214. The van der Waals surface area contributed by atoms with E-state index in [-0.39, 0.29) is 28.2 Å². The largest absolute Gasteiger partial charge is 0.349 e. The molecular weight excluding hydrogens is 345 g/mol. The molecule has 2 N–H and O–H groups in total. The zero-order valence-corrected chi connectivity index (χ0v) is 14.1. The standard InChI is InChI=1S/C14H13Cl2N3O2S/c1-7(2)17-13(21)11-6-22-14(18-11)19-12(20)9-4-3-8(15)5-10(9)16/h3-7H,1-2H3,(H,17,21)(H,18,19,20). The Labute approximate surface area is 141 Å². The summed E-state index contributed by atoms with van der Waals surface area (Å²) in [5.74, 6) is -0.692. The van der Waals surface area contributed by atoms with Crippen LogP contribution in [0.2, 0.25) is 10.0 Å². The van der Waals surface area contributed by atoms with Crippen LogP contribution in [-0.2, 0) is 0 Å². The van der Waals surface area contributed by atoms with E-state index in [9.17, 15) is 9.59 Å². The second kappa shape index (κ2) is 7.09. The first kappa shape index (κ1) is 16.7. The minimum Gasteiger partial charge on any atom is -0.349 e. The number of carbonyl (C=O) groups is 2. The van der Waals surface area contributed by atoms with Crippen LogP contribution in [0.5, 0.6) is 0 Å². The number of nitrogens with zero attached hydrogens (tertiary/aromatic N) is 1. The van der Waals surface area contributed by atoms with Crippen LogP contribution in [0.3, 0.4) is 0 Å². The molecular formula is C14H13Cl2N3O2S. The third-order valence-corrected chi connectivity index (χ3v) is 3.86. The van der Waals surface area contributed by atoms with Crippen molar-refractivity contribution in [3.8, 4) is 0 Å². The van der Waals surface area contributed by atoms with Gasteiger partial charge in [0.25, 0.3) is 11.8 Å². The van der Waals surface area contributed by atoms with Crippen LogP contribution in [0.25, 0.3) is 0 Å². The van der Waals surface area contributed by atoms with Gasteiger partial charge in [0.1, 0.15) is 5.69 Å². The van der Waals surface area contributed by atoms with Crippen LogP contribution in [0.15, 0.2) is 23.6 Å². The van der Waals surface area contributed by atoms with Gasteiger partial charge in [-0.15, -0.1) is 11.3 Å². The molecule has 1 aromatic heterocycles. The molecule has 8 heteroatoms. The summed E-state index contributed by atoms with van der Waals surface area (Å²) in [4.78, 5) is 28.0. The van der Waals surface area contributed by atoms with E-state index in [4.69, 9.17) is 23.2 Å². The number of nitrogens with one attached hydrogen (secondary N) is 2. The highest BCUT2D eigenvalue weighted by Gasteiger charge is 2.15. The Hall–Kier alpha value is -1.63. The highest BCUT2D eigenvalue weighted by atomic mass is 35.5. The van der Waals surface area contributed by atoms with Crippen molar-refractivity contribution in [3.05, 3.63) is 44.9 Å². The van der Waals surface area contributed by atoms with Gasteiger partial charge in [-0.1, -0.05) is 23.2 Å². The molecule has 5 nitrogen and oxygen atoms in total. The monoisotopic (exact) mass is 357 g/mol. The maximum absolute atomic E-state index is 12.1. The van der Waals surface area contributed by atoms with Gasteiger partial charge in [-0.3, -0.25) is 14.9 Å². The molecule has 0 radical (unpaired) electrons. The number of rotatable bonds is 4. The normalized spacial score (nSPS) is 10.6. The topological polar surface area (TPSA) is 71.1 Å². The van der Waals surface area contributed by atoms with Gasteiger partial charge in [-0.25, -0.2) is 4.98 Å². The Morgan fingerprint density at radius 1 is 1.23 bits per heavy atom. The minimum atomic E-state index is -0.410. The fourth-order valence-electron chi connectivity index (χ4n) is 1.61. The summed E-state index contributed by atoms with van der Waals surface area (Å²) in [5.41, 5.74) is 0.547. The lowest BCUT2D eigenvalue weighted by atomic mass is 10.2. The number of anilines is 1. The van der Waals surface area contributed by atoms with Crippen molar-refractivity contribution < 1.29 is 9.59 Å². The summed E-state index contributed by atoms with van der Waals surface area (Å²) in [6.07, 6.45) is 0. The van der Waals surface area contributed by atoms with Crippen molar-refractivity contribution in [2.24, 2.45) is 0 Å². The molecule has 0 spiro atoms. The average Bonchev–Trinajstić information content (AvgIpc) is 2.86. The first-order chi connectivity index (χ1) is 10.4. The molecule has 0 aliphatic carbocycles. The van der Waals surface area contributed by atoms with Crippen LogP contribution < -0.4 is 10.6 Å². The lowest BCUT2D eigenvalue weighted by molar-refractivity contribution is 0.0937. The van der Waals surface area contributed by atoms with E-state index in [1.165, 1.54) is 12.1 Å². The van der Waals surface area contributed by atoms with Gasteiger partial charge in [0.05, 0.1) is 10.6 Å². The number of halogens is 2. The number of carbonyl (C=O) groups excluding carboxylic acids is 2. The Kier molecular flexibility index (Phi) is 5.39. The summed E-state index contributed by atoms with van der Waals surface area (Å²) in [5, 5.41) is 7.94. The molecule has 2 aromatic rings. The van der Waals surface area contributed by atoms with E-state index in [1.807, 2.05) is 13.8 Å². The van der Waals surface area contributed by atoms with Gasteiger partial charge in [0.2, 0.25) is 0 Å². The summed E-state index contributed by atoms with van der Waals surface area (Å²) in [6.45, 7) is 3.71. The molecule has 2 amide bonds. The van der Waals surface area contributed by atoms with Crippen LogP contribution in [0.4, 0.5) is 5.13 Å². The lowest BCUT2D eigenvalue weighted by Gasteiger charge is -2.06. The van der Waals surface area contributed by atoms with Gasteiger partial charge in [-0.05, 0) is 32.0 Å². The second-order valence-electron chi connectivity index (χ2n) is 4.74. The van der Waals surface area contributed by atoms with E-state index < -0.39 is 5.91 Å². The predicted molar refractivity (Wildman–Crippen MR) is 89.1 cm³/mol. The van der Waals surface area contributed by atoms with E-state index in [2.05, 4.69) is 15.6 Å². The molecule has 22 heavy (non-hydrogen) atoms. The highest BCUT2D eigenvalue weighted by Crippen LogP contribution is 2.23. The third-order valence-electron chi connectivity index (χ3n) is 2.55. The molecule has 0 saturated carbocycles. The van der Waals surface area contributed by atoms with Crippen molar-refractivity contribution in [1.29, 1.82) is 0 Å². The maximum Gasteiger partial charge on any atom is 0.271 e. The van der Waals surface area contributed by atoms with Crippen LogP contribution in [-0.4, -0.2) is 22.8 Å². The van der Waals surface area contributed by atoms with E-state index in [1.54, 1.807) is 11.4 Å². The van der Waals surface area contributed by atoms with Gasteiger partial charge >= 0.3 is 0 Å². The molecule has 1 heterocycles. The Bertz CT molecular complexity index is 716. The maximum atomic E-state index is 12.1. The predicted octanol–water partition coefficient (Wildman–Crippen LogP) is 3.84. The number of hydrogen-bond donors (Lipinski definition) is 2. The van der Waals surface area contributed by atoms with Gasteiger partial charge in [0.15, 0.2) is 5.13 Å². The summed E-state index contributed by atoms with van der Waals surface area (Å²) in [7, 11) is 0. The molecule has 0 aliphatic heterocycles. The van der Waals surface area contributed by atoms with Crippen molar-refractivity contribution >= 4 is 51.5 Å². The summed E-state index contributed by atoms with van der Waals surface area (Å²) >= 11 is 12.9. The van der Waals surface area contributed by atoms with Gasteiger partial charge < -0.3 is 5.32 Å². The molecule has 0 unspecified atom stereocenters. The molecule has 0 atom stereocenters. The lowest BCUT2D eigenvalue weighted by Crippen LogP contribution is -2.30. The van der Waals surface area contributed by atoms with Gasteiger partial charge in [-0.2, -0.15) is 0 Å². The zero-order chi connectivity index (χ0) is 16.3.